The fourth-order valence-corrected chi connectivity index (χ4v) is 8.55. The minimum Gasteiger partial charge on any atom is -0.469 e. The molecule has 2 rings (SSSR count). The van der Waals surface area contributed by atoms with Crippen molar-refractivity contribution in [1.82, 2.24) is 0 Å². The van der Waals surface area contributed by atoms with Crippen molar-refractivity contribution in [3.05, 3.63) is 0 Å². The SMILES string of the molecule is CC[C@H]1OC(C)(C)O[C@@]1(C)CCC1([C@@H](C)C[C@H](C)[C@H](O)[C@@H](C)C(=O)OC)SCCS1. The van der Waals surface area contributed by atoms with Crippen LogP contribution >= 0.6 is 23.5 Å². The zero-order valence-corrected chi connectivity index (χ0v) is 21.7. The second-order valence-corrected chi connectivity index (χ2v) is 12.9. The van der Waals surface area contributed by atoms with Crippen molar-refractivity contribution in [1.29, 1.82) is 0 Å². The van der Waals surface area contributed by atoms with E-state index in [0.717, 1.165) is 37.2 Å². The minimum absolute atomic E-state index is 0.0248. The molecule has 0 aromatic rings. The van der Waals surface area contributed by atoms with Gasteiger partial charge in [0.2, 0.25) is 0 Å². The van der Waals surface area contributed by atoms with Crippen LogP contribution in [0.3, 0.4) is 0 Å². The summed E-state index contributed by atoms with van der Waals surface area (Å²) < 4.78 is 17.5. The minimum atomic E-state index is -0.692. The van der Waals surface area contributed by atoms with E-state index in [1.807, 2.05) is 20.8 Å². The van der Waals surface area contributed by atoms with Crippen LogP contribution in [0.25, 0.3) is 0 Å². The second-order valence-electron chi connectivity index (χ2n) is 9.75. The summed E-state index contributed by atoms with van der Waals surface area (Å²) in [5, 5.41) is 10.7. The Morgan fingerprint density at radius 2 is 1.77 bits per heavy atom. The molecule has 0 radical (unpaired) electrons. The number of ether oxygens (including phenoxy) is 3. The van der Waals surface area contributed by atoms with Crippen molar-refractivity contribution in [3.63, 3.8) is 0 Å². The van der Waals surface area contributed by atoms with Crippen molar-refractivity contribution < 1.29 is 24.1 Å². The van der Waals surface area contributed by atoms with Crippen LogP contribution < -0.4 is 0 Å². The van der Waals surface area contributed by atoms with Crippen LogP contribution in [0.1, 0.15) is 74.1 Å². The van der Waals surface area contributed by atoms with Crippen molar-refractivity contribution >= 4 is 29.5 Å². The fraction of sp³-hybridized carbons (Fsp3) is 0.957. The summed E-state index contributed by atoms with van der Waals surface area (Å²) in [4.78, 5) is 11.8. The standard InChI is InChI=1S/C23H42O5S2/c1-9-18-22(7,28-21(5,6)27-18)10-11-23(29-12-13-30-23)16(3)14-15(2)19(24)17(4)20(25)26-8/h15-19,24H,9-14H2,1-8H3/t15-,16-,17+,18+,19-,22-/m0/s1. The Hall–Kier alpha value is 0.0500. The Labute approximate surface area is 191 Å². The first-order valence-corrected chi connectivity index (χ1v) is 13.3. The summed E-state index contributed by atoms with van der Waals surface area (Å²) in [6.45, 7) is 14.5. The number of hydrogen-bond donors (Lipinski definition) is 1. The third-order valence-electron chi connectivity index (χ3n) is 6.85. The molecule has 0 aromatic carbocycles. The summed E-state index contributed by atoms with van der Waals surface area (Å²) in [5.74, 6) is 1.35. The van der Waals surface area contributed by atoms with Gasteiger partial charge in [0.25, 0.3) is 0 Å². The van der Waals surface area contributed by atoms with Crippen LogP contribution in [0.15, 0.2) is 0 Å². The predicted molar refractivity (Wildman–Crippen MR) is 126 cm³/mol. The average molecular weight is 463 g/mol. The van der Waals surface area contributed by atoms with Gasteiger partial charge in [0.05, 0.1) is 34.9 Å². The zero-order valence-electron chi connectivity index (χ0n) is 20.0. The van der Waals surface area contributed by atoms with E-state index in [2.05, 4.69) is 44.3 Å². The maximum atomic E-state index is 11.8. The zero-order chi connectivity index (χ0) is 22.7. The molecule has 0 saturated carbocycles. The van der Waals surface area contributed by atoms with Crippen LogP contribution in [0.4, 0.5) is 0 Å². The molecule has 0 unspecified atom stereocenters. The third kappa shape index (κ3) is 5.89. The van der Waals surface area contributed by atoms with E-state index in [1.54, 1.807) is 6.92 Å². The van der Waals surface area contributed by atoms with Gasteiger partial charge < -0.3 is 19.3 Å². The highest BCUT2D eigenvalue weighted by Crippen LogP contribution is 2.55. The number of carbonyl (C=O) groups is 1. The first-order valence-electron chi connectivity index (χ1n) is 11.3. The lowest BCUT2D eigenvalue weighted by molar-refractivity contribution is -0.161. The van der Waals surface area contributed by atoms with E-state index >= 15 is 0 Å². The van der Waals surface area contributed by atoms with Crippen LogP contribution in [-0.2, 0) is 19.0 Å². The number of hydrogen-bond acceptors (Lipinski definition) is 7. The molecule has 2 saturated heterocycles. The summed E-state index contributed by atoms with van der Waals surface area (Å²) in [5.41, 5.74) is -0.279. The molecular formula is C23H42O5S2. The first kappa shape index (κ1) is 26.3. The van der Waals surface area contributed by atoms with Crippen molar-refractivity contribution in [2.75, 3.05) is 18.6 Å². The van der Waals surface area contributed by atoms with Gasteiger partial charge in [-0.05, 0) is 65.2 Å². The Kier molecular flexibility index (Phi) is 9.05. The van der Waals surface area contributed by atoms with Crippen LogP contribution in [0.2, 0.25) is 0 Å². The number of aliphatic hydroxyl groups excluding tert-OH is 1. The van der Waals surface area contributed by atoms with E-state index in [-0.39, 0.29) is 27.7 Å². The lowest BCUT2D eigenvalue weighted by Gasteiger charge is -2.39. The largest absolute Gasteiger partial charge is 0.469 e. The smallest absolute Gasteiger partial charge is 0.311 e. The van der Waals surface area contributed by atoms with E-state index in [1.165, 1.54) is 7.11 Å². The Balaban J connectivity index is 2.05. The molecule has 7 heteroatoms. The van der Waals surface area contributed by atoms with E-state index in [9.17, 15) is 9.90 Å². The highest BCUT2D eigenvalue weighted by atomic mass is 32.2. The molecule has 2 aliphatic heterocycles. The number of aliphatic hydroxyl groups is 1. The van der Waals surface area contributed by atoms with Gasteiger partial charge in [0.15, 0.2) is 5.79 Å². The molecule has 0 bridgehead atoms. The van der Waals surface area contributed by atoms with Crippen LogP contribution in [-0.4, -0.2) is 57.4 Å². The quantitative estimate of drug-likeness (QED) is 0.453. The van der Waals surface area contributed by atoms with E-state index in [4.69, 9.17) is 14.2 Å². The number of rotatable bonds is 10. The van der Waals surface area contributed by atoms with Gasteiger partial charge in [-0.15, -0.1) is 23.5 Å². The molecule has 176 valence electrons. The lowest BCUT2D eigenvalue weighted by Crippen LogP contribution is -2.40. The van der Waals surface area contributed by atoms with Gasteiger partial charge in [0, 0.05) is 11.5 Å². The van der Waals surface area contributed by atoms with E-state index in [0.29, 0.717) is 5.92 Å². The van der Waals surface area contributed by atoms with Gasteiger partial charge in [-0.25, -0.2) is 0 Å². The number of esters is 1. The molecule has 5 nitrogen and oxygen atoms in total. The molecule has 2 heterocycles. The van der Waals surface area contributed by atoms with Gasteiger partial charge in [-0.3, -0.25) is 4.79 Å². The topological polar surface area (TPSA) is 65.0 Å². The van der Waals surface area contributed by atoms with Crippen molar-refractivity contribution in [2.45, 2.75) is 102 Å². The third-order valence-corrected chi connectivity index (χ3v) is 10.8. The van der Waals surface area contributed by atoms with Crippen LogP contribution in [0, 0.1) is 17.8 Å². The Bertz CT molecular complexity index is 578. The molecular weight excluding hydrogens is 420 g/mol. The lowest BCUT2D eigenvalue weighted by atomic mass is 9.83. The van der Waals surface area contributed by atoms with Crippen molar-refractivity contribution in [2.24, 2.45) is 17.8 Å². The number of carbonyl (C=O) groups excluding carboxylic acids is 1. The molecule has 2 aliphatic rings. The van der Waals surface area contributed by atoms with Gasteiger partial charge >= 0.3 is 5.97 Å². The van der Waals surface area contributed by atoms with E-state index < -0.39 is 17.8 Å². The molecule has 30 heavy (non-hydrogen) atoms. The Morgan fingerprint density at radius 3 is 2.30 bits per heavy atom. The molecule has 0 amide bonds. The summed E-state index contributed by atoms with van der Waals surface area (Å²) in [6.07, 6.45) is 3.23. The van der Waals surface area contributed by atoms with Gasteiger partial charge in [-0.2, -0.15) is 0 Å². The summed E-state index contributed by atoms with van der Waals surface area (Å²) in [7, 11) is 1.37. The maximum absolute atomic E-state index is 11.8. The molecule has 2 fully saturated rings. The number of thioether (sulfide) groups is 2. The molecule has 6 atom stereocenters. The first-order chi connectivity index (χ1) is 13.9. The van der Waals surface area contributed by atoms with Crippen LogP contribution in [0.5, 0.6) is 0 Å². The fourth-order valence-electron chi connectivity index (χ4n) is 5.11. The molecule has 0 aromatic heterocycles. The molecule has 0 aliphatic carbocycles. The average Bonchev–Trinajstić information content (AvgIpc) is 3.27. The summed E-state index contributed by atoms with van der Waals surface area (Å²) >= 11 is 4.11. The predicted octanol–water partition coefficient (Wildman–Crippen LogP) is 5.10. The summed E-state index contributed by atoms with van der Waals surface area (Å²) in [6, 6.07) is 0. The number of methoxy groups -OCH3 is 1. The maximum Gasteiger partial charge on any atom is 0.311 e. The molecule has 1 N–H and O–H groups in total. The normalized spacial score (nSPS) is 31.8. The van der Waals surface area contributed by atoms with Crippen molar-refractivity contribution in [3.8, 4) is 0 Å². The Morgan fingerprint density at radius 1 is 1.17 bits per heavy atom. The highest BCUT2D eigenvalue weighted by molar-refractivity contribution is 8.21. The van der Waals surface area contributed by atoms with Gasteiger partial charge in [-0.1, -0.05) is 20.8 Å². The monoisotopic (exact) mass is 462 g/mol. The molecule has 0 spiro atoms. The second kappa shape index (κ2) is 10.3. The van der Waals surface area contributed by atoms with Gasteiger partial charge in [0.1, 0.15) is 0 Å². The highest BCUT2D eigenvalue weighted by Gasteiger charge is 2.51.